The number of aryl methyl sites for hydroxylation is 1. The highest BCUT2D eigenvalue weighted by Gasteiger charge is 2.35. The van der Waals surface area contributed by atoms with Crippen LogP contribution in [-0.2, 0) is 12.6 Å². The molecule has 0 saturated heterocycles. The maximum Gasteiger partial charge on any atom is 0.418 e. The fourth-order valence-corrected chi connectivity index (χ4v) is 2.68. The third-order valence-electron chi connectivity index (χ3n) is 2.75. The van der Waals surface area contributed by atoms with Crippen LogP contribution in [0, 0.1) is 0 Å². The summed E-state index contributed by atoms with van der Waals surface area (Å²) in [5, 5.41) is 1.74. The molecule has 100 valence electrons. The van der Waals surface area contributed by atoms with Crippen molar-refractivity contribution in [3.05, 3.63) is 47.0 Å². The van der Waals surface area contributed by atoms with Crippen LogP contribution in [0.15, 0.2) is 30.2 Å². The molecule has 0 aliphatic rings. The first-order valence-electron chi connectivity index (χ1n) is 5.74. The van der Waals surface area contributed by atoms with Gasteiger partial charge in [-0.1, -0.05) is 19.6 Å². The number of halogens is 3. The van der Waals surface area contributed by atoms with Crippen LogP contribution in [0.3, 0.4) is 0 Å². The molecule has 5 heteroatoms. The molecule has 2 heterocycles. The average Bonchev–Trinajstić information content (AvgIpc) is 2.85. The van der Waals surface area contributed by atoms with Gasteiger partial charge in [0.05, 0.1) is 16.1 Å². The lowest BCUT2D eigenvalue weighted by Crippen LogP contribution is -2.09. The van der Waals surface area contributed by atoms with Gasteiger partial charge in [0.25, 0.3) is 0 Å². The van der Waals surface area contributed by atoms with E-state index in [2.05, 4.69) is 11.6 Å². The highest BCUT2D eigenvalue weighted by atomic mass is 32.1. The van der Waals surface area contributed by atoms with Gasteiger partial charge in [0, 0.05) is 5.69 Å². The zero-order chi connectivity index (χ0) is 14.0. The summed E-state index contributed by atoms with van der Waals surface area (Å²) in [7, 11) is 0. The van der Waals surface area contributed by atoms with Crippen LogP contribution in [0.4, 0.5) is 13.2 Å². The molecule has 0 aliphatic heterocycles. The second-order valence-corrected chi connectivity index (χ2v) is 4.88. The van der Waals surface area contributed by atoms with Crippen LogP contribution >= 0.6 is 11.3 Å². The van der Waals surface area contributed by atoms with Gasteiger partial charge in [0.1, 0.15) is 0 Å². The van der Waals surface area contributed by atoms with Crippen LogP contribution in [0.1, 0.15) is 23.7 Å². The maximum atomic E-state index is 13.1. The second-order valence-electron chi connectivity index (χ2n) is 3.96. The Balaban J connectivity index is 2.69. The zero-order valence-electron chi connectivity index (χ0n) is 10.3. The van der Waals surface area contributed by atoms with Crippen molar-refractivity contribution in [3.8, 4) is 10.6 Å². The Kier molecular flexibility index (Phi) is 3.75. The third kappa shape index (κ3) is 2.71. The summed E-state index contributed by atoms with van der Waals surface area (Å²) in [5.74, 6) is 0. The van der Waals surface area contributed by atoms with Crippen LogP contribution < -0.4 is 0 Å². The van der Waals surface area contributed by atoms with Crippen LogP contribution in [-0.4, -0.2) is 4.98 Å². The van der Waals surface area contributed by atoms with Crippen molar-refractivity contribution >= 4 is 17.4 Å². The number of nitrogens with zero attached hydrogens (tertiary/aromatic N) is 1. The summed E-state index contributed by atoms with van der Waals surface area (Å²) in [5.41, 5.74) is 0.620. The van der Waals surface area contributed by atoms with Crippen molar-refractivity contribution in [2.24, 2.45) is 0 Å². The molecule has 0 bridgehead atoms. The van der Waals surface area contributed by atoms with Crippen molar-refractivity contribution in [2.75, 3.05) is 0 Å². The van der Waals surface area contributed by atoms with Gasteiger partial charge in [-0.2, -0.15) is 13.2 Å². The van der Waals surface area contributed by atoms with Crippen LogP contribution in [0.25, 0.3) is 16.6 Å². The molecule has 1 nitrogen and oxygen atoms in total. The van der Waals surface area contributed by atoms with E-state index in [1.165, 1.54) is 17.4 Å². The maximum absolute atomic E-state index is 13.1. The molecular formula is C14H12F3NS. The summed E-state index contributed by atoms with van der Waals surface area (Å²) >= 11 is 1.24. The summed E-state index contributed by atoms with van der Waals surface area (Å²) in [6.45, 7) is 5.48. The predicted molar refractivity (Wildman–Crippen MR) is 72.0 cm³/mol. The summed E-state index contributed by atoms with van der Waals surface area (Å²) in [6, 6.07) is 4.27. The first kappa shape index (κ1) is 13.8. The van der Waals surface area contributed by atoms with E-state index in [0.29, 0.717) is 22.6 Å². The molecular weight excluding hydrogens is 271 g/mol. The van der Waals surface area contributed by atoms with Crippen molar-refractivity contribution in [1.82, 2.24) is 4.98 Å². The predicted octanol–water partition coefficient (Wildman–Crippen LogP) is 5.03. The lowest BCUT2D eigenvalue weighted by Gasteiger charge is -2.13. The van der Waals surface area contributed by atoms with Crippen molar-refractivity contribution in [2.45, 2.75) is 19.5 Å². The summed E-state index contributed by atoms with van der Waals surface area (Å²) < 4.78 is 39.2. The van der Waals surface area contributed by atoms with E-state index >= 15 is 0 Å². The van der Waals surface area contributed by atoms with E-state index in [4.69, 9.17) is 0 Å². The lowest BCUT2D eigenvalue weighted by molar-refractivity contribution is -0.137. The van der Waals surface area contributed by atoms with E-state index < -0.39 is 11.7 Å². The van der Waals surface area contributed by atoms with Gasteiger partial charge < -0.3 is 0 Å². The molecule has 19 heavy (non-hydrogen) atoms. The molecule has 0 spiro atoms. The van der Waals surface area contributed by atoms with Crippen molar-refractivity contribution < 1.29 is 13.2 Å². The van der Waals surface area contributed by atoms with Gasteiger partial charge in [-0.05, 0) is 35.6 Å². The molecule has 0 aromatic carbocycles. The molecule has 0 fully saturated rings. The summed E-state index contributed by atoms with van der Waals surface area (Å²) in [4.78, 5) is 4.66. The number of hydrogen-bond acceptors (Lipinski definition) is 2. The highest BCUT2D eigenvalue weighted by molar-refractivity contribution is 7.13. The molecule has 0 atom stereocenters. The molecule has 2 rings (SSSR count). The van der Waals surface area contributed by atoms with E-state index in [0.717, 1.165) is 6.07 Å². The monoisotopic (exact) mass is 283 g/mol. The standard InChI is InChI=1S/C14H12F3NS/c1-3-9-7-8-19-13(9)12-11(14(15,16)17)6-5-10(4-2)18-12/h3,5-8H,1,4H2,2H3. The Morgan fingerprint density at radius 2 is 2.05 bits per heavy atom. The Hall–Kier alpha value is -1.62. The molecule has 0 N–H and O–H groups in total. The Morgan fingerprint density at radius 3 is 2.63 bits per heavy atom. The zero-order valence-corrected chi connectivity index (χ0v) is 11.1. The molecule has 0 saturated carbocycles. The first-order chi connectivity index (χ1) is 8.97. The largest absolute Gasteiger partial charge is 0.418 e. The molecule has 0 amide bonds. The van der Waals surface area contributed by atoms with Gasteiger partial charge >= 0.3 is 6.18 Å². The third-order valence-corrected chi connectivity index (χ3v) is 3.69. The van der Waals surface area contributed by atoms with E-state index in [1.807, 2.05) is 6.92 Å². The SMILES string of the molecule is C=Cc1ccsc1-c1nc(CC)ccc1C(F)(F)F. The molecule has 2 aromatic heterocycles. The topological polar surface area (TPSA) is 12.9 Å². The first-order valence-corrected chi connectivity index (χ1v) is 6.62. The van der Waals surface area contributed by atoms with E-state index in [1.54, 1.807) is 17.5 Å². The minimum atomic E-state index is -4.41. The van der Waals surface area contributed by atoms with Gasteiger partial charge in [-0.15, -0.1) is 11.3 Å². The Morgan fingerprint density at radius 1 is 1.32 bits per heavy atom. The number of alkyl halides is 3. The fourth-order valence-electron chi connectivity index (χ4n) is 1.77. The smallest absolute Gasteiger partial charge is 0.251 e. The normalized spacial score (nSPS) is 11.6. The molecule has 2 aromatic rings. The number of rotatable bonds is 3. The van der Waals surface area contributed by atoms with Crippen molar-refractivity contribution in [3.63, 3.8) is 0 Å². The number of hydrogen-bond donors (Lipinski definition) is 0. The molecule has 0 unspecified atom stereocenters. The minimum absolute atomic E-state index is 0.00301. The quantitative estimate of drug-likeness (QED) is 0.769. The molecule has 0 radical (unpaired) electrons. The van der Waals surface area contributed by atoms with E-state index in [9.17, 15) is 13.2 Å². The average molecular weight is 283 g/mol. The Bertz CT molecular complexity index is 599. The van der Waals surface area contributed by atoms with Gasteiger partial charge in [0.15, 0.2) is 0 Å². The number of pyridine rings is 1. The molecule has 0 aliphatic carbocycles. The minimum Gasteiger partial charge on any atom is -0.251 e. The number of aromatic nitrogens is 1. The fraction of sp³-hybridized carbons (Fsp3) is 0.214. The van der Waals surface area contributed by atoms with Crippen molar-refractivity contribution in [1.29, 1.82) is 0 Å². The highest BCUT2D eigenvalue weighted by Crippen LogP contribution is 2.39. The van der Waals surface area contributed by atoms with Gasteiger partial charge in [0.2, 0.25) is 0 Å². The number of thiophene rings is 1. The Labute approximate surface area is 113 Å². The van der Waals surface area contributed by atoms with Crippen LogP contribution in [0.5, 0.6) is 0 Å². The van der Waals surface area contributed by atoms with Gasteiger partial charge in [-0.25, -0.2) is 0 Å². The summed E-state index contributed by atoms with van der Waals surface area (Å²) in [6.07, 6.45) is -2.26. The van der Waals surface area contributed by atoms with E-state index in [-0.39, 0.29) is 5.69 Å². The lowest BCUT2D eigenvalue weighted by atomic mass is 10.1. The second kappa shape index (κ2) is 5.17. The van der Waals surface area contributed by atoms with Crippen LogP contribution in [0.2, 0.25) is 0 Å². The van der Waals surface area contributed by atoms with Gasteiger partial charge in [-0.3, -0.25) is 4.98 Å².